The van der Waals surface area contributed by atoms with Crippen LogP contribution in [0.2, 0.25) is 0 Å². The normalized spacial score (nSPS) is 11.7. The van der Waals surface area contributed by atoms with Gasteiger partial charge >= 0.3 is 0 Å². The fourth-order valence-electron chi connectivity index (χ4n) is 2.09. The predicted octanol–water partition coefficient (Wildman–Crippen LogP) is 2.46. The van der Waals surface area contributed by atoms with E-state index in [0.29, 0.717) is 24.6 Å². The van der Waals surface area contributed by atoms with Gasteiger partial charge in [-0.3, -0.25) is 4.79 Å². The molecule has 0 fully saturated rings. The van der Waals surface area contributed by atoms with Crippen LogP contribution in [0.25, 0.3) is 0 Å². The fraction of sp³-hybridized carbons (Fsp3) is 0.562. The van der Waals surface area contributed by atoms with Gasteiger partial charge < -0.3 is 5.32 Å². The fourth-order valence-corrected chi connectivity index (χ4v) is 3.16. The van der Waals surface area contributed by atoms with Crippen LogP contribution in [0.5, 0.6) is 0 Å². The molecule has 2 N–H and O–H groups in total. The maximum atomic E-state index is 12.2. The summed E-state index contributed by atoms with van der Waals surface area (Å²) in [7, 11) is -3.55. The third-order valence-corrected chi connectivity index (χ3v) is 4.89. The molecule has 1 rings (SSSR count). The minimum Gasteiger partial charge on any atom is -0.352 e. The highest BCUT2D eigenvalue weighted by Gasteiger charge is 2.17. The number of carbonyl (C=O) groups is 1. The second kappa shape index (κ2) is 8.29. The van der Waals surface area contributed by atoms with Crippen molar-refractivity contribution in [3.05, 3.63) is 29.3 Å². The lowest BCUT2D eigenvalue weighted by molar-refractivity contribution is 0.0951. The number of amides is 1. The van der Waals surface area contributed by atoms with E-state index >= 15 is 0 Å². The Morgan fingerprint density at radius 2 is 1.95 bits per heavy atom. The van der Waals surface area contributed by atoms with Crippen LogP contribution in [0, 0.1) is 12.8 Å². The van der Waals surface area contributed by atoms with Gasteiger partial charge in [0.15, 0.2) is 0 Å². The quantitative estimate of drug-likeness (QED) is 0.721. The van der Waals surface area contributed by atoms with Gasteiger partial charge in [0.2, 0.25) is 10.0 Å². The molecule has 0 unspecified atom stereocenters. The van der Waals surface area contributed by atoms with Crippen molar-refractivity contribution in [2.24, 2.45) is 5.92 Å². The van der Waals surface area contributed by atoms with E-state index in [9.17, 15) is 13.2 Å². The molecule has 0 aromatic heterocycles. The Morgan fingerprint density at radius 3 is 2.55 bits per heavy atom. The standard InChI is InChI=1S/C16H26N2O3S/c1-5-18-22(20,21)14-9-8-13(4)15(11-14)16(19)17-10-6-7-12(2)3/h8-9,11-12,18H,5-7,10H2,1-4H3,(H,17,19). The largest absolute Gasteiger partial charge is 0.352 e. The summed E-state index contributed by atoms with van der Waals surface area (Å²) in [5, 5.41) is 2.85. The van der Waals surface area contributed by atoms with Gasteiger partial charge in [0.05, 0.1) is 4.90 Å². The van der Waals surface area contributed by atoms with E-state index in [1.807, 2.05) is 0 Å². The number of carbonyl (C=O) groups excluding carboxylic acids is 1. The van der Waals surface area contributed by atoms with Crippen molar-refractivity contribution < 1.29 is 13.2 Å². The first kappa shape index (κ1) is 18.6. The zero-order valence-corrected chi connectivity index (χ0v) is 14.6. The summed E-state index contributed by atoms with van der Waals surface area (Å²) < 4.78 is 26.5. The van der Waals surface area contributed by atoms with Crippen LogP contribution in [0.3, 0.4) is 0 Å². The summed E-state index contributed by atoms with van der Waals surface area (Å²) in [6.45, 7) is 8.70. The molecule has 1 amide bonds. The van der Waals surface area contributed by atoms with Crippen LogP contribution in [0.4, 0.5) is 0 Å². The van der Waals surface area contributed by atoms with Crippen LogP contribution in [-0.2, 0) is 10.0 Å². The van der Waals surface area contributed by atoms with Crippen LogP contribution in [0.1, 0.15) is 49.5 Å². The van der Waals surface area contributed by atoms with Crippen LogP contribution >= 0.6 is 0 Å². The van der Waals surface area contributed by atoms with Gasteiger partial charge in [0.25, 0.3) is 5.91 Å². The van der Waals surface area contributed by atoms with E-state index in [1.54, 1.807) is 19.9 Å². The molecule has 0 spiro atoms. The van der Waals surface area contributed by atoms with Crippen molar-refractivity contribution in [2.45, 2.75) is 45.4 Å². The number of sulfonamides is 1. The third-order valence-electron chi connectivity index (χ3n) is 3.34. The van der Waals surface area contributed by atoms with E-state index in [-0.39, 0.29) is 10.8 Å². The molecule has 5 nitrogen and oxygen atoms in total. The number of hydrogen-bond acceptors (Lipinski definition) is 3. The first-order chi connectivity index (χ1) is 10.3. The molecule has 0 saturated carbocycles. The van der Waals surface area contributed by atoms with Crippen LogP contribution in [0.15, 0.2) is 23.1 Å². The minimum atomic E-state index is -3.55. The van der Waals surface area contributed by atoms with Gasteiger partial charge in [-0.2, -0.15) is 0 Å². The summed E-state index contributed by atoms with van der Waals surface area (Å²) in [6, 6.07) is 4.61. The zero-order chi connectivity index (χ0) is 16.8. The molecule has 0 aliphatic rings. The number of aryl methyl sites for hydroxylation is 1. The van der Waals surface area contributed by atoms with Crippen molar-refractivity contribution >= 4 is 15.9 Å². The molecule has 6 heteroatoms. The molecule has 1 aromatic carbocycles. The Labute approximate surface area is 133 Å². The van der Waals surface area contributed by atoms with Gasteiger partial charge in [-0.1, -0.05) is 26.8 Å². The lowest BCUT2D eigenvalue weighted by Gasteiger charge is -2.11. The van der Waals surface area contributed by atoms with E-state index in [4.69, 9.17) is 0 Å². The van der Waals surface area contributed by atoms with Crippen molar-refractivity contribution in [3.63, 3.8) is 0 Å². The molecule has 0 aliphatic heterocycles. The highest BCUT2D eigenvalue weighted by atomic mass is 32.2. The van der Waals surface area contributed by atoms with E-state index < -0.39 is 10.0 Å². The molecule has 0 heterocycles. The van der Waals surface area contributed by atoms with Crippen molar-refractivity contribution in [1.82, 2.24) is 10.0 Å². The summed E-state index contributed by atoms with van der Waals surface area (Å²) in [4.78, 5) is 12.3. The molecule has 124 valence electrons. The SMILES string of the molecule is CCNS(=O)(=O)c1ccc(C)c(C(=O)NCCCC(C)C)c1. The molecule has 0 radical (unpaired) electrons. The lowest BCUT2D eigenvalue weighted by atomic mass is 10.1. The highest BCUT2D eigenvalue weighted by Crippen LogP contribution is 2.15. The average Bonchev–Trinajstić information content (AvgIpc) is 2.43. The minimum absolute atomic E-state index is 0.118. The van der Waals surface area contributed by atoms with E-state index in [2.05, 4.69) is 23.9 Å². The lowest BCUT2D eigenvalue weighted by Crippen LogP contribution is -2.27. The molecular weight excluding hydrogens is 300 g/mol. The Morgan fingerprint density at radius 1 is 1.27 bits per heavy atom. The summed E-state index contributed by atoms with van der Waals surface area (Å²) >= 11 is 0. The highest BCUT2D eigenvalue weighted by molar-refractivity contribution is 7.89. The average molecular weight is 326 g/mol. The van der Waals surface area contributed by atoms with Gasteiger partial charge in [-0.15, -0.1) is 0 Å². The van der Waals surface area contributed by atoms with Gasteiger partial charge in [0.1, 0.15) is 0 Å². The molecule has 22 heavy (non-hydrogen) atoms. The summed E-state index contributed by atoms with van der Waals surface area (Å²) in [5.41, 5.74) is 1.17. The smallest absolute Gasteiger partial charge is 0.251 e. The van der Waals surface area contributed by atoms with Gasteiger partial charge in [-0.05, 0) is 43.4 Å². The second-order valence-electron chi connectivity index (χ2n) is 5.77. The van der Waals surface area contributed by atoms with Crippen molar-refractivity contribution in [1.29, 1.82) is 0 Å². The van der Waals surface area contributed by atoms with Crippen molar-refractivity contribution in [3.8, 4) is 0 Å². The van der Waals surface area contributed by atoms with E-state index in [1.165, 1.54) is 12.1 Å². The van der Waals surface area contributed by atoms with Crippen LogP contribution in [-0.4, -0.2) is 27.4 Å². The molecule has 1 aromatic rings. The Balaban J connectivity index is 2.84. The topological polar surface area (TPSA) is 75.3 Å². The first-order valence-electron chi connectivity index (χ1n) is 7.66. The van der Waals surface area contributed by atoms with Crippen LogP contribution < -0.4 is 10.0 Å². The van der Waals surface area contributed by atoms with Gasteiger partial charge in [-0.25, -0.2) is 13.1 Å². The zero-order valence-electron chi connectivity index (χ0n) is 13.8. The number of hydrogen-bond donors (Lipinski definition) is 2. The summed E-state index contributed by atoms with van der Waals surface area (Å²) in [5.74, 6) is 0.377. The number of rotatable bonds is 8. The first-order valence-corrected chi connectivity index (χ1v) is 9.14. The Kier molecular flexibility index (Phi) is 7.03. The predicted molar refractivity (Wildman–Crippen MR) is 88.4 cm³/mol. The number of nitrogens with one attached hydrogen (secondary N) is 2. The van der Waals surface area contributed by atoms with E-state index in [0.717, 1.165) is 18.4 Å². The maximum absolute atomic E-state index is 12.2. The molecule has 0 aliphatic carbocycles. The van der Waals surface area contributed by atoms with Gasteiger partial charge in [0, 0.05) is 18.7 Å². The van der Waals surface area contributed by atoms with Crippen molar-refractivity contribution in [2.75, 3.05) is 13.1 Å². The Bertz CT molecular complexity index is 610. The molecule has 0 saturated heterocycles. The molecule has 0 bridgehead atoms. The second-order valence-corrected chi connectivity index (χ2v) is 7.54. The molecule has 0 atom stereocenters. The maximum Gasteiger partial charge on any atom is 0.251 e. The molecular formula is C16H26N2O3S. The summed E-state index contributed by atoms with van der Waals surface area (Å²) in [6.07, 6.45) is 1.96. The Hall–Kier alpha value is -1.40. The third kappa shape index (κ3) is 5.42. The monoisotopic (exact) mass is 326 g/mol. The number of benzene rings is 1.